The Bertz CT molecular complexity index is 240. The molecule has 2 atom stereocenters. The fourth-order valence-corrected chi connectivity index (χ4v) is 1.72. The fourth-order valence-electron chi connectivity index (χ4n) is 1.72. The Morgan fingerprint density at radius 3 is 2.50 bits per heavy atom. The smallest absolute Gasteiger partial charge is 0.317 e. The molecule has 0 spiro atoms. The molecule has 0 saturated heterocycles. The van der Waals surface area contributed by atoms with Crippen LogP contribution in [0, 0.1) is 5.92 Å². The van der Waals surface area contributed by atoms with Gasteiger partial charge in [0.25, 0.3) is 0 Å². The number of nitrogens with zero attached hydrogens (tertiary/aromatic N) is 1. The maximum absolute atomic E-state index is 11.3. The molecule has 5 nitrogen and oxygen atoms in total. The van der Waals surface area contributed by atoms with Gasteiger partial charge in [-0.05, 0) is 12.8 Å². The van der Waals surface area contributed by atoms with Gasteiger partial charge in [0.05, 0.1) is 5.92 Å². The van der Waals surface area contributed by atoms with Gasteiger partial charge < -0.3 is 15.3 Å². The molecule has 1 saturated carbocycles. The minimum absolute atomic E-state index is 0.206. The summed E-state index contributed by atoms with van der Waals surface area (Å²) in [5.74, 6) is -1.23. The normalized spacial score (nSPS) is 25.9. The van der Waals surface area contributed by atoms with Crippen LogP contribution in [0.1, 0.15) is 19.3 Å². The third-order valence-electron chi connectivity index (χ3n) is 2.55. The van der Waals surface area contributed by atoms with E-state index in [4.69, 9.17) is 5.11 Å². The molecule has 0 heterocycles. The molecule has 0 aromatic rings. The summed E-state index contributed by atoms with van der Waals surface area (Å²) < 4.78 is 0. The molecule has 80 valence electrons. The van der Waals surface area contributed by atoms with Gasteiger partial charge in [-0.3, -0.25) is 4.79 Å². The van der Waals surface area contributed by atoms with Crippen molar-refractivity contribution in [1.82, 2.24) is 10.2 Å². The van der Waals surface area contributed by atoms with Gasteiger partial charge in [-0.1, -0.05) is 6.42 Å². The number of carboxylic acids is 1. The summed E-state index contributed by atoms with van der Waals surface area (Å²) in [6.07, 6.45) is 2.29. The molecule has 0 bridgehead atoms. The molecule has 1 fully saturated rings. The zero-order valence-electron chi connectivity index (χ0n) is 8.49. The molecule has 2 N–H and O–H groups in total. The minimum atomic E-state index is -0.813. The topological polar surface area (TPSA) is 69.6 Å². The molecular weight excluding hydrogens is 184 g/mol. The van der Waals surface area contributed by atoms with E-state index in [0.717, 1.165) is 12.8 Å². The molecule has 1 rings (SSSR count). The van der Waals surface area contributed by atoms with Crippen LogP contribution in [0.15, 0.2) is 0 Å². The molecular formula is C9H16N2O3. The summed E-state index contributed by atoms with van der Waals surface area (Å²) in [6, 6.07) is -0.425. The first-order chi connectivity index (χ1) is 6.52. The van der Waals surface area contributed by atoms with Crippen LogP contribution in [0.5, 0.6) is 0 Å². The second kappa shape index (κ2) is 4.30. The lowest BCUT2D eigenvalue weighted by Crippen LogP contribution is -2.44. The maximum atomic E-state index is 11.3. The van der Waals surface area contributed by atoms with Crippen molar-refractivity contribution in [3.05, 3.63) is 0 Å². The maximum Gasteiger partial charge on any atom is 0.317 e. The van der Waals surface area contributed by atoms with E-state index in [-0.39, 0.29) is 12.1 Å². The highest BCUT2D eigenvalue weighted by atomic mass is 16.4. The van der Waals surface area contributed by atoms with Crippen molar-refractivity contribution >= 4 is 12.0 Å². The van der Waals surface area contributed by atoms with Crippen LogP contribution in [0.2, 0.25) is 0 Å². The van der Waals surface area contributed by atoms with E-state index in [2.05, 4.69) is 5.32 Å². The Morgan fingerprint density at radius 2 is 2.00 bits per heavy atom. The minimum Gasteiger partial charge on any atom is -0.481 e. The monoisotopic (exact) mass is 200 g/mol. The van der Waals surface area contributed by atoms with E-state index in [1.807, 2.05) is 0 Å². The fraction of sp³-hybridized carbons (Fsp3) is 0.778. The largest absolute Gasteiger partial charge is 0.481 e. The number of hydrogen-bond acceptors (Lipinski definition) is 2. The molecule has 0 aliphatic heterocycles. The van der Waals surface area contributed by atoms with Gasteiger partial charge in [-0.15, -0.1) is 0 Å². The van der Waals surface area contributed by atoms with Crippen LogP contribution < -0.4 is 5.32 Å². The molecule has 2 amide bonds. The Kier molecular flexibility index (Phi) is 3.33. The third kappa shape index (κ3) is 2.37. The van der Waals surface area contributed by atoms with Gasteiger partial charge in [-0.25, -0.2) is 4.79 Å². The van der Waals surface area contributed by atoms with Gasteiger partial charge in [-0.2, -0.15) is 0 Å². The van der Waals surface area contributed by atoms with Gasteiger partial charge in [0.15, 0.2) is 0 Å². The number of carbonyl (C=O) groups is 2. The van der Waals surface area contributed by atoms with Gasteiger partial charge in [0, 0.05) is 20.1 Å². The number of nitrogens with one attached hydrogen (secondary N) is 1. The summed E-state index contributed by atoms with van der Waals surface area (Å²) in [4.78, 5) is 23.5. The number of carbonyl (C=O) groups excluding carboxylic acids is 1. The first-order valence-electron chi connectivity index (χ1n) is 4.73. The lowest BCUT2D eigenvalue weighted by Gasteiger charge is -2.20. The van der Waals surface area contributed by atoms with Crippen LogP contribution in [0.3, 0.4) is 0 Å². The van der Waals surface area contributed by atoms with E-state index in [1.54, 1.807) is 14.1 Å². The summed E-state index contributed by atoms with van der Waals surface area (Å²) in [5.41, 5.74) is 0. The molecule has 1 aliphatic rings. The van der Waals surface area contributed by atoms with Crippen LogP contribution in [0.25, 0.3) is 0 Å². The highest BCUT2D eigenvalue weighted by Crippen LogP contribution is 2.25. The molecule has 0 radical (unpaired) electrons. The second-order valence-corrected chi connectivity index (χ2v) is 3.83. The van der Waals surface area contributed by atoms with Crippen molar-refractivity contribution in [2.24, 2.45) is 5.92 Å². The van der Waals surface area contributed by atoms with Crippen molar-refractivity contribution in [2.45, 2.75) is 25.3 Å². The Balaban J connectivity index is 2.51. The third-order valence-corrected chi connectivity index (χ3v) is 2.55. The van der Waals surface area contributed by atoms with E-state index in [0.29, 0.717) is 6.42 Å². The van der Waals surface area contributed by atoms with Gasteiger partial charge >= 0.3 is 12.0 Å². The summed E-state index contributed by atoms with van der Waals surface area (Å²) in [5, 5.41) is 11.6. The molecule has 1 aliphatic carbocycles. The number of urea groups is 1. The van der Waals surface area contributed by atoms with E-state index < -0.39 is 11.9 Å². The van der Waals surface area contributed by atoms with Crippen LogP contribution in [-0.4, -0.2) is 42.1 Å². The second-order valence-electron chi connectivity index (χ2n) is 3.83. The van der Waals surface area contributed by atoms with Crippen LogP contribution >= 0.6 is 0 Å². The Labute approximate surface area is 83.1 Å². The van der Waals surface area contributed by atoms with E-state index in [9.17, 15) is 9.59 Å². The van der Waals surface area contributed by atoms with Crippen molar-refractivity contribution in [1.29, 1.82) is 0 Å². The molecule has 0 aromatic heterocycles. The standard InChI is InChI=1S/C9H16N2O3/c1-11(2)9(14)10-7-5-3-4-6(7)8(12)13/h6-7H,3-5H2,1-2H3,(H,10,14)(H,12,13). The highest BCUT2D eigenvalue weighted by molar-refractivity contribution is 5.76. The average Bonchev–Trinajstić information content (AvgIpc) is 2.52. The predicted octanol–water partition coefficient (Wildman–Crippen LogP) is 0.511. The summed E-state index contributed by atoms with van der Waals surface area (Å²) in [7, 11) is 3.28. The van der Waals surface area contributed by atoms with Crippen molar-refractivity contribution < 1.29 is 14.7 Å². The average molecular weight is 200 g/mol. The van der Waals surface area contributed by atoms with Crippen molar-refractivity contribution in [3.63, 3.8) is 0 Å². The quantitative estimate of drug-likeness (QED) is 0.682. The van der Waals surface area contributed by atoms with Gasteiger partial charge in [0.1, 0.15) is 0 Å². The van der Waals surface area contributed by atoms with Crippen molar-refractivity contribution in [2.75, 3.05) is 14.1 Å². The summed E-state index contributed by atoms with van der Waals surface area (Å²) >= 11 is 0. The van der Waals surface area contributed by atoms with Crippen molar-refractivity contribution in [3.8, 4) is 0 Å². The molecule has 2 unspecified atom stereocenters. The number of hydrogen-bond donors (Lipinski definition) is 2. The van der Waals surface area contributed by atoms with Gasteiger partial charge in [0.2, 0.25) is 0 Å². The summed E-state index contributed by atoms with van der Waals surface area (Å²) in [6.45, 7) is 0. The number of amides is 2. The van der Waals surface area contributed by atoms with E-state index in [1.165, 1.54) is 4.90 Å². The molecule has 14 heavy (non-hydrogen) atoms. The number of carboxylic acid groups (broad SMARTS) is 1. The zero-order valence-corrected chi connectivity index (χ0v) is 8.49. The first kappa shape index (κ1) is 10.8. The van der Waals surface area contributed by atoms with Crippen LogP contribution in [0.4, 0.5) is 4.79 Å². The predicted molar refractivity (Wildman–Crippen MR) is 51.0 cm³/mol. The lowest BCUT2D eigenvalue weighted by molar-refractivity contribution is -0.142. The number of rotatable bonds is 2. The highest BCUT2D eigenvalue weighted by Gasteiger charge is 2.33. The number of aliphatic carboxylic acids is 1. The molecule has 5 heteroatoms. The van der Waals surface area contributed by atoms with E-state index >= 15 is 0 Å². The lowest BCUT2D eigenvalue weighted by atomic mass is 10.0. The molecule has 0 aromatic carbocycles. The van der Waals surface area contributed by atoms with Crippen LogP contribution in [-0.2, 0) is 4.79 Å². The SMILES string of the molecule is CN(C)C(=O)NC1CCCC1C(=O)O. The Hall–Kier alpha value is -1.26. The Morgan fingerprint density at radius 1 is 1.36 bits per heavy atom. The zero-order chi connectivity index (χ0) is 10.7. The first-order valence-corrected chi connectivity index (χ1v) is 4.73.